The van der Waals surface area contributed by atoms with Crippen LogP contribution in [-0.4, -0.2) is 52.6 Å². The Balaban J connectivity index is 2.13. The molecule has 0 bridgehead atoms. The van der Waals surface area contributed by atoms with Gasteiger partial charge in [0.15, 0.2) is 11.5 Å². The van der Waals surface area contributed by atoms with Gasteiger partial charge >= 0.3 is 11.9 Å². The first-order chi connectivity index (χ1) is 15.2. The zero-order valence-electron chi connectivity index (χ0n) is 18.2. The second kappa shape index (κ2) is 9.54. The Morgan fingerprint density at radius 1 is 1.19 bits per heavy atom. The van der Waals surface area contributed by atoms with E-state index in [1.165, 1.54) is 31.2 Å². The predicted octanol–water partition coefficient (Wildman–Crippen LogP) is 2.57. The molecule has 170 valence electrons. The highest BCUT2D eigenvalue weighted by molar-refractivity contribution is 5.96. The highest BCUT2D eigenvalue weighted by atomic mass is 16.5. The number of carboxylic acids is 1. The van der Waals surface area contributed by atoms with E-state index in [9.17, 15) is 19.5 Å². The van der Waals surface area contributed by atoms with Gasteiger partial charge < -0.3 is 23.9 Å². The maximum absolute atomic E-state index is 12.3. The Bertz CT molecular complexity index is 1150. The molecule has 2 N–H and O–H groups in total. The minimum atomic E-state index is -1.06. The average molecular weight is 443 g/mol. The van der Waals surface area contributed by atoms with Crippen molar-refractivity contribution in [2.75, 3.05) is 20.8 Å². The van der Waals surface area contributed by atoms with Crippen molar-refractivity contribution in [3.8, 4) is 22.8 Å². The SMILES string of the molecule is COC(=O)c1cn([C@@H](CC(=O)O)c2ccc(OCC(C)C)c(OC)c2)cc2c(=O)[nH]nc1-2. The van der Waals surface area contributed by atoms with Crippen molar-refractivity contribution in [2.24, 2.45) is 5.92 Å². The van der Waals surface area contributed by atoms with E-state index in [0.29, 0.717) is 29.6 Å². The summed E-state index contributed by atoms with van der Waals surface area (Å²) >= 11 is 0. The number of carboxylic acid groups (broad SMARTS) is 1. The first-order valence-corrected chi connectivity index (χ1v) is 9.95. The number of benzene rings is 1. The molecule has 0 amide bonds. The van der Waals surface area contributed by atoms with E-state index >= 15 is 0 Å². The number of fused-ring (bicyclic) bond motifs is 1. The van der Waals surface area contributed by atoms with E-state index in [1.54, 1.807) is 18.2 Å². The molecule has 0 fully saturated rings. The minimum absolute atomic E-state index is 0.0441. The number of H-pyrrole nitrogens is 1. The summed E-state index contributed by atoms with van der Waals surface area (Å²) < 4.78 is 17.5. The fourth-order valence-electron chi connectivity index (χ4n) is 3.32. The van der Waals surface area contributed by atoms with Crippen molar-refractivity contribution in [3.05, 3.63) is 52.1 Å². The molecule has 0 aromatic heterocycles. The molecule has 32 heavy (non-hydrogen) atoms. The van der Waals surface area contributed by atoms with Gasteiger partial charge in [-0.1, -0.05) is 19.9 Å². The van der Waals surface area contributed by atoms with Crippen LogP contribution in [0.15, 0.2) is 35.4 Å². The van der Waals surface area contributed by atoms with Crippen molar-refractivity contribution in [1.82, 2.24) is 14.8 Å². The predicted molar refractivity (Wildman–Crippen MR) is 115 cm³/mol. The molecule has 2 aliphatic heterocycles. The second-order valence-corrected chi connectivity index (χ2v) is 7.65. The molecule has 0 unspecified atom stereocenters. The smallest absolute Gasteiger partial charge is 0.341 e. The largest absolute Gasteiger partial charge is 0.493 e. The van der Waals surface area contributed by atoms with Gasteiger partial charge in [0.25, 0.3) is 5.56 Å². The van der Waals surface area contributed by atoms with Gasteiger partial charge in [-0.3, -0.25) is 9.59 Å². The Hall–Kier alpha value is -3.82. The van der Waals surface area contributed by atoms with E-state index in [0.717, 1.165) is 0 Å². The number of aliphatic carboxylic acids is 1. The number of carbonyl (C=O) groups excluding carboxylic acids is 1. The van der Waals surface area contributed by atoms with Crippen LogP contribution < -0.4 is 15.0 Å². The number of hydrogen-bond donors (Lipinski definition) is 2. The number of carbonyl (C=O) groups is 2. The molecule has 0 radical (unpaired) electrons. The number of aromatic amines is 1. The monoisotopic (exact) mass is 443 g/mol. The lowest BCUT2D eigenvalue weighted by Gasteiger charge is -2.23. The summed E-state index contributed by atoms with van der Waals surface area (Å²) in [5.41, 5.74) is 0.442. The zero-order valence-corrected chi connectivity index (χ0v) is 18.2. The summed E-state index contributed by atoms with van der Waals surface area (Å²) in [6, 6.07) is 4.38. The van der Waals surface area contributed by atoms with Crippen LogP contribution in [0.2, 0.25) is 0 Å². The van der Waals surface area contributed by atoms with Crippen molar-refractivity contribution < 1.29 is 28.9 Å². The van der Waals surface area contributed by atoms with Gasteiger partial charge in [0.05, 0.1) is 38.9 Å². The van der Waals surface area contributed by atoms with Crippen molar-refractivity contribution in [2.45, 2.75) is 26.3 Å². The molecule has 3 rings (SSSR count). The number of hydrogen-bond acceptors (Lipinski definition) is 7. The molecule has 2 heterocycles. The third-order valence-corrected chi connectivity index (χ3v) is 4.86. The fourth-order valence-corrected chi connectivity index (χ4v) is 3.32. The van der Waals surface area contributed by atoms with Crippen molar-refractivity contribution in [3.63, 3.8) is 0 Å². The molecule has 2 aliphatic rings. The molecule has 0 saturated carbocycles. The number of nitrogens with zero attached hydrogens (tertiary/aromatic N) is 2. The molecule has 0 saturated heterocycles. The summed E-state index contributed by atoms with van der Waals surface area (Å²) in [6.45, 7) is 4.54. The minimum Gasteiger partial charge on any atom is -0.493 e. The number of nitrogens with one attached hydrogen (secondary N) is 1. The first kappa shape index (κ1) is 22.9. The average Bonchev–Trinajstić information content (AvgIpc) is 3.15. The summed E-state index contributed by atoms with van der Waals surface area (Å²) in [5, 5.41) is 15.7. The van der Waals surface area contributed by atoms with Gasteiger partial charge in [-0.05, 0) is 23.6 Å². The first-order valence-electron chi connectivity index (χ1n) is 9.95. The van der Waals surface area contributed by atoms with Gasteiger partial charge in [-0.15, -0.1) is 0 Å². The van der Waals surface area contributed by atoms with Crippen LogP contribution in [0.5, 0.6) is 11.5 Å². The lowest BCUT2D eigenvalue weighted by Crippen LogP contribution is -2.19. The van der Waals surface area contributed by atoms with Gasteiger partial charge in [0, 0.05) is 12.4 Å². The quantitative estimate of drug-likeness (QED) is 0.482. The molecule has 10 heteroatoms. The van der Waals surface area contributed by atoms with E-state index in [1.807, 2.05) is 13.8 Å². The maximum Gasteiger partial charge on any atom is 0.341 e. The molecule has 10 nitrogen and oxygen atoms in total. The van der Waals surface area contributed by atoms with Crippen molar-refractivity contribution in [1.29, 1.82) is 0 Å². The van der Waals surface area contributed by atoms with Gasteiger partial charge in [-0.2, -0.15) is 5.10 Å². The second-order valence-electron chi connectivity index (χ2n) is 7.65. The number of ether oxygens (including phenoxy) is 3. The summed E-state index contributed by atoms with van der Waals surface area (Å²) in [4.78, 5) is 36.2. The molecule has 1 atom stereocenters. The van der Waals surface area contributed by atoms with Crippen LogP contribution >= 0.6 is 0 Å². The van der Waals surface area contributed by atoms with E-state index in [4.69, 9.17) is 14.2 Å². The molecular weight excluding hydrogens is 418 g/mol. The molecule has 0 aliphatic carbocycles. The summed E-state index contributed by atoms with van der Waals surface area (Å²) in [7, 11) is 2.71. The lowest BCUT2D eigenvalue weighted by atomic mass is 10.0. The van der Waals surface area contributed by atoms with Crippen LogP contribution in [0.3, 0.4) is 0 Å². The van der Waals surface area contributed by atoms with E-state index < -0.39 is 23.5 Å². The van der Waals surface area contributed by atoms with Crippen LogP contribution in [-0.2, 0) is 9.53 Å². The number of rotatable bonds is 9. The van der Waals surface area contributed by atoms with Gasteiger partial charge in [0.2, 0.25) is 0 Å². The molecule has 1 aromatic carbocycles. The molecular formula is C22H25N3O7. The van der Waals surface area contributed by atoms with E-state index in [2.05, 4.69) is 10.2 Å². The Labute approximate surface area is 184 Å². The van der Waals surface area contributed by atoms with Crippen molar-refractivity contribution >= 4 is 11.9 Å². The molecule has 0 spiro atoms. The Morgan fingerprint density at radius 2 is 1.94 bits per heavy atom. The summed E-state index contributed by atoms with van der Waals surface area (Å²) in [5.74, 6) is -0.460. The lowest BCUT2D eigenvalue weighted by molar-refractivity contribution is -0.137. The highest BCUT2D eigenvalue weighted by Gasteiger charge is 2.26. The van der Waals surface area contributed by atoms with Gasteiger partial charge in [0.1, 0.15) is 11.3 Å². The normalized spacial score (nSPS) is 12.0. The molecule has 1 aromatic rings. The van der Waals surface area contributed by atoms with Gasteiger partial charge in [-0.25, -0.2) is 9.89 Å². The van der Waals surface area contributed by atoms with Crippen LogP contribution in [0.25, 0.3) is 11.3 Å². The topological polar surface area (TPSA) is 133 Å². The zero-order chi connectivity index (χ0) is 23.4. The Kier molecular flexibility index (Phi) is 6.82. The number of pyridine rings is 1. The number of esters is 1. The number of methoxy groups -OCH3 is 2. The summed E-state index contributed by atoms with van der Waals surface area (Å²) in [6.07, 6.45) is 2.59. The Morgan fingerprint density at radius 3 is 2.56 bits per heavy atom. The highest BCUT2D eigenvalue weighted by Crippen LogP contribution is 2.34. The fraction of sp³-hybridized carbons (Fsp3) is 0.364. The van der Waals surface area contributed by atoms with Crippen LogP contribution in [0, 0.1) is 5.92 Å². The van der Waals surface area contributed by atoms with E-state index in [-0.39, 0.29) is 23.2 Å². The third kappa shape index (κ3) is 4.74. The van der Waals surface area contributed by atoms with Crippen LogP contribution in [0.1, 0.15) is 42.2 Å². The third-order valence-electron chi connectivity index (χ3n) is 4.86. The number of aromatic nitrogens is 3. The maximum atomic E-state index is 12.3. The standard InChI is InChI=1S/C22H25N3O7/c1-12(2)11-32-17-6-5-13(7-18(17)30-3)16(8-19(26)27)25-9-14-20(23-24-21(14)28)15(10-25)22(29)31-4/h5-7,9-10,12,16H,8,11H2,1-4H3,(H,24,28)(H,26,27)/t16-/m0/s1. The van der Waals surface area contributed by atoms with Crippen LogP contribution in [0.4, 0.5) is 0 Å².